The second-order valence-electron chi connectivity index (χ2n) is 9.08. The van der Waals surface area contributed by atoms with Gasteiger partial charge in [0.1, 0.15) is 23.2 Å². The fourth-order valence-electron chi connectivity index (χ4n) is 4.64. The Morgan fingerprint density at radius 2 is 0.750 bits per heavy atom. The molecule has 3 nitrogen and oxygen atoms in total. The van der Waals surface area contributed by atoms with E-state index in [0.717, 1.165) is 11.7 Å². The first-order valence-electron chi connectivity index (χ1n) is 14.9. The molecule has 0 aliphatic carbocycles. The molecule has 0 radical (unpaired) electrons. The van der Waals surface area contributed by atoms with Gasteiger partial charge < -0.3 is 26.0 Å². The van der Waals surface area contributed by atoms with Crippen molar-refractivity contribution >= 4 is 30.8 Å². The number of rotatable bonds is 9. The quantitative estimate of drug-likeness (QED) is 0.158. The van der Waals surface area contributed by atoms with Crippen molar-refractivity contribution in [1.82, 2.24) is 0 Å². The summed E-state index contributed by atoms with van der Waals surface area (Å²) in [6.45, 7) is 8.00. The third kappa shape index (κ3) is 11.3. The molecule has 0 N–H and O–H groups in total. The molecule has 0 atom stereocenters. The first-order valence-corrected chi connectivity index (χ1v) is 18.6. The molecule has 0 amide bonds. The zero-order valence-electron chi connectivity index (χ0n) is 26.8. The van der Waals surface area contributed by atoms with Gasteiger partial charge in [-0.2, -0.15) is 0 Å². The second kappa shape index (κ2) is 21.8. The van der Waals surface area contributed by atoms with Crippen LogP contribution >= 0.6 is 14.9 Å². The van der Waals surface area contributed by atoms with Crippen molar-refractivity contribution in [1.29, 1.82) is 0 Å². The largest absolute Gasteiger partial charge is 1.00 e. The zero-order valence-corrected chi connectivity index (χ0v) is 30.2. The third-order valence-electron chi connectivity index (χ3n) is 6.63. The monoisotopic (exact) mass is 692 g/mol. The lowest BCUT2D eigenvalue weighted by molar-refractivity contribution is -0.0000124. The van der Waals surface area contributed by atoms with Crippen LogP contribution in [0.4, 0.5) is 0 Å². The Kier molecular flexibility index (Phi) is 19.4. The summed E-state index contributed by atoms with van der Waals surface area (Å²) in [6.07, 6.45) is 1.35. The van der Waals surface area contributed by atoms with E-state index >= 15 is 0 Å². The fourth-order valence-corrected chi connectivity index (χ4v) is 9.95. The van der Waals surface area contributed by atoms with Crippen molar-refractivity contribution in [3.8, 4) is 0 Å². The lowest BCUT2D eigenvalue weighted by Gasteiger charge is -2.27. The van der Waals surface area contributed by atoms with Crippen molar-refractivity contribution in [3.05, 3.63) is 163 Å². The van der Waals surface area contributed by atoms with Crippen LogP contribution in [0.5, 0.6) is 0 Å². The number of benzene rings is 5. The fraction of sp³-hybridized carbons (Fsp3) is 0.211. The minimum absolute atomic E-state index is 0. The van der Waals surface area contributed by atoms with Gasteiger partial charge in [0, 0.05) is 14.2 Å². The molecule has 0 spiro atoms. The van der Waals surface area contributed by atoms with Crippen molar-refractivity contribution < 1.29 is 30.6 Å². The maximum absolute atomic E-state index is 11.7. The molecule has 0 aliphatic heterocycles. The Labute approximate surface area is 277 Å². The summed E-state index contributed by atoms with van der Waals surface area (Å²) in [7, 11) is -1.89. The molecule has 5 rings (SSSR count). The predicted octanol–water partition coefficient (Wildman–Crippen LogP) is 6.91. The van der Waals surface area contributed by atoms with Gasteiger partial charge in [-0.25, -0.2) is 0 Å². The molecule has 44 heavy (non-hydrogen) atoms. The topological polar surface area (TPSA) is 35.5 Å². The molecule has 0 aliphatic rings. The first-order chi connectivity index (χ1) is 21.1. The van der Waals surface area contributed by atoms with Gasteiger partial charge in [-0.15, -0.1) is 0 Å². The van der Waals surface area contributed by atoms with Gasteiger partial charge >= 0.3 is 7.60 Å². The summed E-state index contributed by atoms with van der Waals surface area (Å²) in [5.74, 6) is 0. The van der Waals surface area contributed by atoms with E-state index in [1.54, 1.807) is 0 Å². The van der Waals surface area contributed by atoms with Gasteiger partial charge in [-0.3, -0.25) is 4.57 Å². The van der Waals surface area contributed by atoms with E-state index in [1.807, 2.05) is 58.0 Å². The van der Waals surface area contributed by atoms with Gasteiger partial charge in [0.2, 0.25) is 0 Å². The molecule has 5 aromatic carbocycles. The third-order valence-corrected chi connectivity index (χ3v) is 12.9. The van der Waals surface area contributed by atoms with Crippen LogP contribution in [-0.4, -0.2) is 14.2 Å². The zero-order chi connectivity index (χ0) is 31.4. The maximum Gasteiger partial charge on any atom is 0.334 e. The molecule has 0 heterocycles. The molecule has 5 aromatic rings. The highest BCUT2D eigenvalue weighted by Crippen LogP contribution is 2.58. The number of halogens is 1. The summed E-state index contributed by atoms with van der Waals surface area (Å²) in [5.41, 5.74) is 2.34. The van der Waals surface area contributed by atoms with E-state index in [-0.39, 0.29) is 17.0 Å². The summed E-state index contributed by atoms with van der Waals surface area (Å²) in [4.78, 5) is 0. The molecule has 0 saturated carbocycles. The normalized spacial score (nSPS) is 10.3. The first kappa shape index (κ1) is 39.2. The highest BCUT2D eigenvalue weighted by molar-refractivity contribution is 7.95. The Balaban J connectivity index is 0.000000457. The SMILES string of the molecule is CC.CC.COP(=O)(Cc1ccccc1)OC.[Br-].c1ccc(C[P+](c2ccccc2)(c2ccccc2)c2ccccc2)cc1. The van der Waals surface area contributed by atoms with E-state index < -0.39 is 14.9 Å². The van der Waals surface area contributed by atoms with E-state index in [4.69, 9.17) is 9.05 Å². The Hall–Kier alpha value is -2.84. The Morgan fingerprint density at radius 3 is 1.05 bits per heavy atom. The molecule has 0 aromatic heterocycles. The lowest BCUT2D eigenvalue weighted by Crippen LogP contribution is -3.00. The maximum atomic E-state index is 11.7. The number of hydrogen-bond donors (Lipinski definition) is 0. The summed E-state index contributed by atoms with van der Waals surface area (Å²) >= 11 is 0. The van der Waals surface area contributed by atoms with Crippen LogP contribution in [-0.2, 0) is 25.9 Å². The average molecular weight is 694 g/mol. The van der Waals surface area contributed by atoms with Crippen molar-refractivity contribution in [2.24, 2.45) is 0 Å². The van der Waals surface area contributed by atoms with Crippen molar-refractivity contribution in [3.63, 3.8) is 0 Å². The summed E-state index contributed by atoms with van der Waals surface area (Å²) < 4.78 is 21.3. The minimum Gasteiger partial charge on any atom is -1.00 e. The molecular formula is C38H47BrO3P2. The second-order valence-corrected chi connectivity index (χ2v) is 14.8. The van der Waals surface area contributed by atoms with Crippen LogP contribution in [0.25, 0.3) is 0 Å². The van der Waals surface area contributed by atoms with Gasteiger partial charge in [-0.05, 0) is 47.5 Å². The van der Waals surface area contributed by atoms with Crippen LogP contribution in [0.15, 0.2) is 152 Å². The van der Waals surface area contributed by atoms with Crippen LogP contribution < -0.4 is 32.9 Å². The predicted molar refractivity (Wildman–Crippen MR) is 190 cm³/mol. The van der Waals surface area contributed by atoms with Gasteiger partial charge in [0.05, 0.1) is 12.3 Å². The van der Waals surface area contributed by atoms with Gasteiger partial charge in [0.25, 0.3) is 0 Å². The minimum atomic E-state index is -2.90. The molecular weight excluding hydrogens is 646 g/mol. The van der Waals surface area contributed by atoms with E-state index in [1.165, 1.54) is 35.7 Å². The number of hydrogen-bond acceptors (Lipinski definition) is 3. The standard InChI is InChI=1S/C25H22P.C9H13O3P.2C2H6.BrH/c1-5-13-22(14-6-1)21-26(23-15-7-2-8-16-23,24-17-9-3-10-18-24)25-19-11-4-12-20-25;1-11-13(10,12-2)8-9-6-4-3-5-7-9;2*1-2;/h1-20H,21H2;3-7H,8H2,1-2H3;2*1-2H3;1H/q+1;;;;/p-1. The Morgan fingerprint density at radius 1 is 0.477 bits per heavy atom. The molecule has 0 saturated heterocycles. The summed E-state index contributed by atoms with van der Waals surface area (Å²) in [6, 6.07) is 53.5. The molecule has 234 valence electrons. The van der Waals surface area contributed by atoms with E-state index in [0.29, 0.717) is 6.16 Å². The van der Waals surface area contributed by atoms with Crippen LogP contribution in [0.2, 0.25) is 0 Å². The van der Waals surface area contributed by atoms with E-state index in [9.17, 15) is 4.57 Å². The molecule has 0 unspecified atom stereocenters. The smallest absolute Gasteiger partial charge is 0.334 e. The van der Waals surface area contributed by atoms with Gasteiger partial charge in [0.15, 0.2) is 0 Å². The highest BCUT2D eigenvalue weighted by Gasteiger charge is 2.45. The van der Waals surface area contributed by atoms with Crippen LogP contribution in [0, 0.1) is 0 Å². The van der Waals surface area contributed by atoms with Crippen molar-refractivity contribution in [2.75, 3.05) is 14.2 Å². The van der Waals surface area contributed by atoms with E-state index in [2.05, 4.69) is 121 Å². The van der Waals surface area contributed by atoms with Crippen LogP contribution in [0.3, 0.4) is 0 Å². The lowest BCUT2D eigenvalue weighted by atomic mass is 10.2. The molecule has 6 heteroatoms. The van der Waals surface area contributed by atoms with Gasteiger partial charge in [-0.1, -0.05) is 143 Å². The summed E-state index contributed by atoms with van der Waals surface area (Å²) in [5, 5.41) is 4.30. The molecule has 0 fully saturated rings. The van der Waals surface area contributed by atoms with Crippen LogP contribution in [0.1, 0.15) is 38.8 Å². The van der Waals surface area contributed by atoms with Crippen molar-refractivity contribution in [2.45, 2.75) is 40.0 Å². The average Bonchev–Trinajstić information content (AvgIpc) is 3.11. The molecule has 0 bridgehead atoms. The highest BCUT2D eigenvalue weighted by atomic mass is 79.9. The Bertz CT molecular complexity index is 1330.